The number of aryl methyl sites for hydroxylation is 1. The van der Waals surface area contributed by atoms with Crippen LogP contribution in [0.3, 0.4) is 0 Å². The van der Waals surface area contributed by atoms with Crippen LogP contribution >= 0.6 is 12.2 Å². The van der Waals surface area contributed by atoms with Gasteiger partial charge < -0.3 is 20.8 Å². The van der Waals surface area contributed by atoms with Gasteiger partial charge >= 0.3 is 0 Å². The maximum absolute atomic E-state index is 9.50. The monoisotopic (exact) mass is 316 g/mol. The Morgan fingerprint density at radius 1 is 1.18 bits per heavy atom. The van der Waals surface area contributed by atoms with Crippen LogP contribution in [-0.2, 0) is 6.42 Å². The van der Waals surface area contributed by atoms with Gasteiger partial charge in [0.25, 0.3) is 0 Å². The van der Waals surface area contributed by atoms with E-state index in [0.29, 0.717) is 11.5 Å². The van der Waals surface area contributed by atoms with Gasteiger partial charge in [0.05, 0.1) is 12.6 Å². The SMILES string of the molecule is Cc1cccc(NC(=S)N[C@H](CO)Cc2ccc(O)cc2)c1. The molecule has 4 N–H and O–H groups in total. The van der Waals surface area contributed by atoms with Crippen molar-refractivity contribution in [1.82, 2.24) is 5.32 Å². The molecule has 2 aromatic rings. The van der Waals surface area contributed by atoms with Gasteiger partial charge in [-0.3, -0.25) is 0 Å². The largest absolute Gasteiger partial charge is 0.508 e. The average Bonchev–Trinajstić information content (AvgIpc) is 2.48. The van der Waals surface area contributed by atoms with Gasteiger partial charge in [-0.2, -0.15) is 0 Å². The lowest BCUT2D eigenvalue weighted by molar-refractivity contribution is 0.255. The smallest absolute Gasteiger partial charge is 0.171 e. The molecule has 1 atom stereocenters. The van der Waals surface area contributed by atoms with E-state index in [1.165, 1.54) is 0 Å². The molecule has 0 aliphatic rings. The highest BCUT2D eigenvalue weighted by Crippen LogP contribution is 2.12. The third kappa shape index (κ3) is 5.02. The number of anilines is 1. The van der Waals surface area contributed by atoms with E-state index in [1.54, 1.807) is 12.1 Å². The number of thiocarbonyl (C=S) groups is 1. The molecule has 116 valence electrons. The van der Waals surface area contributed by atoms with E-state index in [9.17, 15) is 10.2 Å². The van der Waals surface area contributed by atoms with Crippen molar-refractivity contribution < 1.29 is 10.2 Å². The van der Waals surface area contributed by atoms with Gasteiger partial charge in [0.2, 0.25) is 0 Å². The third-order valence-corrected chi connectivity index (χ3v) is 3.47. The van der Waals surface area contributed by atoms with Gasteiger partial charge in [-0.1, -0.05) is 24.3 Å². The van der Waals surface area contributed by atoms with Crippen LogP contribution in [0.25, 0.3) is 0 Å². The Morgan fingerprint density at radius 2 is 1.91 bits per heavy atom. The fourth-order valence-electron chi connectivity index (χ4n) is 2.15. The Morgan fingerprint density at radius 3 is 2.55 bits per heavy atom. The molecule has 0 aromatic heterocycles. The first-order valence-corrected chi connectivity index (χ1v) is 7.50. The molecule has 0 amide bonds. The minimum Gasteiger partial charge on any atom is -0.508 e. The zero-order valence-electron chi connectivity index (χ0n) is 12.4. The zero-order valence-corrected chi connectivity index (χ0v) is 13.2. The molecule has 0 spiro atoms. The van der Waals surface area contributed by atoms with Crippen LogP contribution in [0.2, 0.25) is 0 Å². The number of hydrogen-bond acceptors (Lipinski definition) is 3. The Hall–Kier alpha value is -2.11. The molecule has 0 aliphatic carbocycles. The normalized spacial score (nSPS) is 11.7. The molecule has 0 saturated heterocycles. The molecule has 0 bridgehead atoms. The van der Waals surface area contributed by atoms with Crippen molar-refractivity contribution in [2.24, 2.45) is 0 Å². The number of nitrogens with one attached hydrogen (secondary N) is 2. The van der Waals surface area contributed by atoms with Gasteiger partial charge in [-0.15, -0.1) is 0 Å². The molecule has 2 aromatic carbocycles. The highest BCUT2D eigenvalue weighted by atomic mass is 32.1. The second-order valence-corrected chi connectivity index (χ2v) is 5.63. The number of aliphatic hydroxyl groups is 1. The Kier molecular flexibility index (Phi) is 5.75. The van der Waals surface area contributed by atoms with Crippen LogP contribution in [0.5, 0.6) is 5.75 Å². The van der Waals surface area contributed by atoms with Crippen LogP contribution in [0.1, 0.15) is 11.1 Å². The minimum absolute atomic E-state index is 0.0312. The molecule has 22 heavy (non-hydrogen) atoms. The van der Waals surface area contributed by atoms with Crippen molar-refractivity contribution in [2.75, 3.05) is 11.9 Å². The van der Waals surface area contributed by atoms with E-state index in [2.05, 4.69) is 10.6 Å². The molecule has 0 unspecified atom stereocenters. The Labute approximate surface area is 135 Å². The van der Waals surface area contributed by atoms with Gasteiger partial charge in [-0.05, 0) is 61.0 Å². The molecular formula is C17H20N2O2S. The summed E-state index contributed by atoms with van der Waals surface area (Å²) in [6, 6.07) is 14.7. The van der Waals surface area contributed by atoms with Crippen molar-refractivity contribution in [1.29, 1.82) is 0 Å². The van der Waals surface area contributed by atoms with E-state index >= 15 is 0 Å². The van der Waals surface area contributed by atoms with Crippen LogP contribution in [0, 0.1) is 6.92 Å². The Balaban J connectivity index is 1.91. The van der Waals surface area contributed by atoms with E-state index < -0.39 is 0 Å². The van der Waals surface area contributed by atoms with Crippen LogP contribution in [-0.4, -0.2) is 28.0 Å². The molecule has 5 heteroatoms. The molecule has 0 aliphatic heterocycles. The van der Waals surface area contributed by atoms with Crippen molar-refractivity contribution in [2.45, 2.75) is 19.4 Å². The summed E-state index contributed by atoms with van der Waals surface area (Å²) in [5.74, 6) is 0.230. The predicted molar refractivity (Wildman–Crippen MR) is 93.2 cm³/mol. The van der Waals surface area contributed by atoms with Crippen LogP contribution in [0.4, 0.5) is 5.69 Å². The maximum atomic E-state index is 9.50. The number of aliphatic hydroxyl groups excluding tert-OH is 1. The Bertz CT molecular complexity index is 629. The number of phenolic OH excluding ortho intramolecular Hbond substituents is 1. The van der Waals surface area contributed by atoms with Crippen molar-refractivity contribution in [3.63, 3.8) is 0 Å². The summed E-state index contributed by atoms with van der Waals surface area (Å²) in [6.45, 7) is 1.99. The third-order valence-electron chi connectivity index (χ3n) is 3.25. The molecule has 0 fully saturated rings. The zero-order chi connectivity index (χ0) is 15.9. The fraction of sp³-hybridized carbons (Fsp3) is 0.235. The summed E-state index contributed by atoms with van der Waals surface area (Å²) in [5.41, 5.74) is 3.08. The van der Waals surface area contributed by atoms with Gasteiger partial charge in [0.15, 0.2) is 5.11 Å². The van der Waals surface area contributed by atoms with Crippen LogP contribution in [0.15, 0.2) is 48.5 Å². The molecule has 2 rings (SSSR count). The molecule has 0 heterocycles. The first kappa shape index (κ1) is 16.3. The number of rotatable bonds is 5. The molecular weight excluding hydrogens is 296 g/mol. The van der Waals surface area contributed by atoms with Gasteiger partial charge in [-0.25, -0.2) is 0 Å². The first-order chi connectivity index (χ1) is 10.6. The average molecular weight is 316 g/mol. The van der Waals surface area contributed by atoms with E-state index in [-0.39, 0.29) is 18.4 Å². The lowest BCUT2D eigenvalue weighted by atomic mass is 10.1. The summed E-state index contributed by atoms with van der Waals surface area (Å²) in [7, 11) is 0. The molecule has 0 radical (unpaired) electrons. The maximum Gasteiger partial charge on any atom is 0.171 e. The summed E-state index contributed by atoms with van der Waals surface area (Å²) in [4.78, 5) is 0. The molecule has 0 saturated carbocycles. The van der Waals surface area contributed by atoms with Crippen molar-refractivity contribution in [3.05, 3.63) is 59.7 Å². The minimum atomic E-state index is -0.186. The number of phenols is 1. The summed E-state index contributed by atoms with van der Waals surface area (Å²) in [6.07, 6.45) is 0.617. The van der Waals surface area contributed by atoms with E-state index in [1.807, 2.05) is 43.3 Å². The molecule has 4 nitrogen and oxygen atoms in total. The standard InChI is InChI=1S/C17H20N2O2S/c1-12-3-2-4-14(9-12)18-17(22)19-15(11-20)10-13-5-7-16(21)8-6-13/h2-9,15,20-21H,10-11H2,1H3,(H2,18,19,22)/t15-/m0/s1. The highest BCUT2D eigenvalue weighted by Gasteiger charge is 2.10. The fourth-order valence-corrected chi connectivity index (χ4v) is 2.44. The van der Waals surface area contributed by atoms with E-state index in [0.717, 1.165) is 16.8 Å². The quantitative estimate of drug-likeness (QED) is 0.639. The first-order valence-electron chi connectivity index (χ1n) is 7.10. The highest BCUT2D eigenvalue weighted by molar-refractivity contribution is 7.80. The summed E-state index contributed by atoms with van der Waals surface area (Å²) < 4.78 is 0. The summed E-state index contributed by atoms with van der Waals surface area (Å²) in [5, 5.41) is 25.5. The van der Waals surface area contributed by atoms with Gasteiger partial charge in [0.1, 0.15) is 5.75 Å². The predicted octanol–water partition coefficient (Wildman–Crippen LogP) is 2.59. The van der Waals surface area contributed by atoms with Crippen molar-refractivity contribution >= 4 is 23.0 Å². The van der Waals surface area contributed by atoms with Crippen molar-refractivity contribution in [3.8, 4) is 5.75 Å². The number of benzene rings is 2. The second kappa shape index (κ2) is 7.77. The number of hydrogen-bond donors (Lipinski definition) is 4. The van der Waals surface area contributed by atoms with Gasteiger partial charge in [0, 0.05) is 5.69 Å². The topological polar surface area (TPSA) is 64.5 Å². The lowest BCUT2D eigenvalue weighted by Crippen LogP contribution is -2.41. The number of aromatic hydroxyl groups is 1. The summed E-state index contributed by atoms with van der Waals surface area (Å²) >= 11 is 5.29. The van der Waals surface area contributed by atoms with E-state index in [4.69, 9.17) is 12.2 Å². The second-order valence-electron chi connectivity index (χ2n) is 5.22. The lowest BCUT2D eigenvalue weighted by Gasteiger charge is -2.19. The van der Waals surface area contributed by atoms with Crippen LogP contribution < -0.4 is 10.6 Å².